The zero-order chi connectivity index (χ0) is 13.6. The lowest BCUT2D eigenvalue weighted by atomic mass is 9.72. The van der Waals surface area contributed by atoms with Gasteiger partial charge in [-0.15, -0.1) is 0 Å². The maximum Gasteiger partial charge on any atom is 0.317 e. The number of halogens is 4. The Kier molecular flexibility index (Phi) is 2.83. The fourth-order valence-electron chi connectivity index (χ4n) is 1.98. The molecule has 1 aromatic carbocycles. The van der Waals surface area contributed by atoms with Gasteiger partial charge in [0.2, 0.25) is 0 Å². The van der Waals surface area contributed by atoms with E-state index in [4.69, 9.17) is 0 Å². The summed E-state index contributed by atoms with van der Waals surface area (Å²) in [7, 11) is 1.44. The molecule has 1 aliphatic carbocycles. The minimum absolute atomic E-state index is 0.124. The minimum atomic E-state index is -4.01. The first-order valence-corrected chi connectivity index (χ1v) is 5.37. The Balaban J connectivity index is 2.20. The van der Waals surface area contributed by atoms with Gasteiger partial charge in [0.05, 0.1) is 5.92 Å². The monoisotopic (exact) mass is 261 g/mol. The van der Waals surface area contributed by atoms with E-state index in [0.717, 1.165) is 0 Å². The summed E-state index contributed by atoms with van der Waals surface area (Å²) in [4.78, 5) is 11.2. The second-order valence-corrected chi connectivity index (χ2v) is 4.29. The van der Waals surface area contributed by atoms with E-state index in [9.17, 15) is 22.4 Å². The average Bonchev–Trinajstić information content (AvgIpc) is 2.35. The van der Waals surface area contributed by atoms with Crippen LogP contribution in [-0.2, 0) is 0 Å². The maximum atomic E-state index is 13.2. The molecule has 0 radical (unpaired) electrons. The molecule has 0 saturated heterocycles. The minimum Gasteiger partial charge on any atom is -0.355 e. The summed E-state index contributed by atoms with van der Waals surface area (Å²) < 4.78 is 51.7. The van der Waals surface area contributed by atoms with Crippen LogP contribution in [0.4, 0.5) is 17.6 Å². The summed E-state index contributed by atoms with van der Waals surface area (Å²) in [6, 6.07) is 5.28. The smallest absolute Gasteiger partial charge is 0.317 e. The van der Waals surface area contributed by atoms with Crippen molar-refractivity contribution in [2.24, 2.45) is 0 Å². The van der Waals surface area contributed by atoms with Crippen molar-refractivity contribution in [2.75, 3.05) is 7.05 Å². The number of hydrogen-bond acceptors (Lipinski definition) is 1. The third kappa shape index (κ3) is 1.76. The predicted octanol–water partition coefficient (Wildman–Crippen LogP) is 2.80. The molecule has 1 aromatic rings. The summed E-state index contributed by atoms with van der Waals surface area (Å²) in [5, 5.41) is 2.38. The zero-order valence-electron chi connectivity index (χ0n) is 9.51. The van der Waals surface area contributed by atoms with Crippen molar-refractivity contribution in [3.05, 3.63) is 35.4 Å². The van der Waals surface area contributed by atoms with E-state index < -0.39 is 24.2 Å². The fraction of sp³-hybridized carbons (Fsp3) is 0.417. The summed E-state index contributed by atoms with van der Waals surface area (Å²) >= 11 is 0. The molecule has 1 N–H and O–H groups in total. The van der Waals surface area contributed by atoms with Gasteiger partial charge in [0.15, 0.2) is 0 Å². The van der Waals surface area contributed by atoms with Crippen LogP contribution in [-0.4, -0.2) is 24.8 Å². The van der Waals surface area contributed by atoms with Gasteiger partial charge in [0, 0.05) is 19.0 Å². The number of benzene rings is 1. The molecule has 1 fully saturated rings. The Morgan fingerprint density at radius 2 is 1.78 bits per heavy atom. The van der Waals surface area contributed by atoms with Crippen molar-refractivity contribution in [1.82, 2.24) is 5.32 Å². The van der Waals surface area contributed by atoms with Crippen LogP contribution in [0, 0.1) is 0 Å². The summed E-state index contributed by atoms with van der Waals surface area (Å²) in [5.74, 6) is -9.78. The van der Waals surface area contributed by atoms with Gasteiger partial charge < -0.3 is 5.32 Å². The maximum absolute atomic E-state index is 13.2. The number of rotatable bonds is 2. The highest BCUT2D eigenvalue weighted by atomic mass is 19.3. The SMILES string of the molecule is CNC(=O)c1ccc(C2CC(F)(F)C2(F)F)cc1. The van der Waals surface area contributed by atoms with Gasteiger partial charge in [-0.05, 0) is 17.7 Å². The van der Waals surface area contributed by atoms with Crippen LogP contribution in [0.25, 0.3) is 0 Å². The van der Waals surface area contributed by atoms with E-state index in [2.05, 4.69) is 5.32 Å². The van der Waals surface area contributed by atoms with E-state index >= 15 is 0 Å². The molecular formula is C12H11F4NO. The van der Waals surface area contributed by atoms with Crippen LogP contribution >= 0.6 is 0 Å². The normalized spacial score (nSPS) is 24.2. The van der Waals surface area contributed by atoms with Crippen LogP contribution in [0.15, 0.2) is 24.3 Å². The molecule has 0 bridgehead atoms. The molecule has 1 atom stereocenters. The van der Waals surface area contributed by atoms with Crippen molar-refractivity contribution in [1.29, 1.82) is 0 Å². The van der Waals surface area contributed by atoms with Crippen molar-refractivity contribution in [2.45, 2.75) is 24.2 Å². The van der Waals surface area contributed by atoms with E-state index in [-0.39, 0.29) is 11.5 Å². The lowest BCUT2D eigenvalue weighted by Gasteiger charge is -2.44. The highest BCUT2D eigenvalue weighted by molar-refractivity contribution is 5.93. The fourth-order valence-corrected chi connectivity index (χ4v) is 1.98. The molecule has 2 nitrogen and oxygen atoms in total. The second kappa shape index (κ2) is 3.96. The number of carbonyl (C=O) groups is 1. The quantitative estimate of drug-likeness (QED) is 0.815. The third-order valence-electron chi connectivity index (χ3n) is 3.19. The van der Waals surface area contributed by atoms with Gasteiger partial charge in [0.1, 0.15) is 0 Å². The highest BCUT2D eigenvalue weighted by Gasteiger charge is 2.71. The molecule has 1 unspecified atom stereocenters. The van der Waals surface area contributed by atoms with Gasteiger partial charge >= 0.3 is 11.8 Å². The standard InChI is InChI=1S/C12H11F4NO/c1-17-10(18)8-4-2-7(3-5-8)9-6-11(13,14)12(9,15)16/h2-5,9H,6H2,1H3,(H,17,18). The molecule has 0 heterocycles. The summed E-state index contributed by atoms with van der Waals surface area (Å²) in [6.45, 7) is 0. The lowest BCUT2D eigenvalue weighted by Crippen LogP contribution is -2.56. The molecule has 18 heavy (non-hydrogen) atoms. The molecule has 1 aliphatic rings. The van der Waals surface area contributed by atoms with Crippen molar-refractivity contribution in [3.63, 3.8) is 0 Å². The first kappa shape index (κ1) is 12.9. The van der Waals surface area contributed by atoms with Crippen LogP contribution in [0.1, 0.15) is 28.3 Å². The van der Waals surface area contributed by atoms with Crippen LogP contribution in [0.5, 0.6) is 0 Å². The number of alkyl halides is 4. The molecule has 0 spiro atoms. The Morgan fingerprint density at radius 1 is 1.22 bits per heavy atom. The van der Waals surface area contributed by atoms with Crippen LogP contribution in [0.3, 0.4) is 0 Å². The average molecular weight is 261 g/mol. The molecule has 1 amide bonds. The Labute approximate surface area is 101 Å². The van der Waals surface area contributed by atoms with E-state index in [1.54, 1.807) is 0 Å². The van der Waals surface area contributed by atoms with E-state index in [0.29, 0.717) is 5.56 Å². The third-order valence-corrected chi connectivity index (χ3v) is 3.19. The molecule has 98 valence electrons. The number of hydrogen-bond donors (Lipinski definition) is 1. The first-order valence-electron chi connectivity index (χ1n) is 5.37. The van der Waals surface area contributed by atoms with Gasteiger partial charge in [0.25, 0.3) is 5.91 Å². The molecular weight excluding hydrogens is 250 g/mol. The van der Waals surface area contributed by atoms with E-state index in [1.807, 2.05) is 0 Å². The van der Waals surface area contributed by atoms with Gasteiger partial charge in [-0.1, -0.05) is 12.1 Å². The van der Waals surface area contributed by atoms with E-state index in [1.165, 1.54) is 31.3 Å². The van der Waals surface area contributed by atoms with Crippen molar-refractivity contribution >= 4 is 5.91 Å². The lowest BCUT2D eigenvalue weighted by molar-refractivity contribution is -0.290. The van der Waals surface area contributed by atoms with Gasteiger partial charge in [-0.25, -0.2) is 0 Å². The Bertz CT molecular complexity index is 469. The van der Waals surface area contributed by atoms with Gasteiger partial charge in [-0.3, -0.25) is 4.79 Å². The molecule has 1 saturated carbocycles. The van der Waals surface area contributed by atoms with Crippen molar-refractivity contribution < 1.29 is 22.4 Å². The summed E-state index contributed by atoms with van der Waals surface area (Å²) in [6.07, 6.45) is -0.862. The number of carbonyl (C=O) groups excluding carboxylic acids is 1. The first-order chi connectivity index (χ1) is 8.29. The largest absolute Gasteiger partial charge is 0.355 e. The highest BCUT2D eigenvalue weighted by Crippen LogP contribution is 2.59. The molecule has 0 aliphatic heterocycles. The van der Waals surface area contributed by atoms with Crippen molar-refractivity contribution in [3.8, 4) is 0 Å². The zero-order valence-corrected chi connectivity index (χ0v) is 9.51. The summed E-state index contributed by atoms with van der Waals surface area (Å²) in [5.41, 5.74) is 0.425. The van der Waals surface area contributed by atoms with Gasteiger partial charge in [-0.2, -0.15) is 17.6 Å². The number of nitrogens with one attached hydrogen (secondary N) is 1. The Hall–Kier alpha value is -1.59. The van der Waals surface area contributed by atoms with Crippen LogP contribution in [0.2, 0.25) is 0 Å². The second-order valence-electron chi connectivity index (χ2n) is 4.29. The predicted molar refractivity (Wildman–Crippen MR) is 57.1 cm³/mol. The molecule has 6 heteroatoms. The number of amides is 1. The Morgan fingerprint density at radius 3 is 2.17 bits per heavy atom. The molecule has 0 aromatic heterocycles. The molecule has 2 rings (SSSR count). The topological polar surface area (TPSA) is 29.1 Å². The van der Waals surface area contributed by atoms with Crippen LogP contribution < -0.4 is 5.32 Å².